The smallest absolute Gasteiger partial charge is 0.0324 e. The van der Waals surface area contributed by atoms with Gasteiger partial charge in [-0.15, -0.1) is 12.4 Å². The van der Waals surface area contributed by atoms with Crippen molar-refractivity contribution in [2.45, 2.75) is 18.9 Å². The Balaban J connectivity index is 0.00000128. The summed E-state index contributed by atoms with van der Waals surface area (Å²) in [6.45, 7) is 2.23. The van der Waals surface area contributed by atoms with Gasteiger partial charge in [-0.3, -0.25) is 0 Å². The number of rotatable bonds is 2. The Morgan fingerprint density at radius 1 is 1.19 bits per heavy atom. The van der Waals surface area contributed by atoms with Crippen LogP contribution in [0.3, 0.4) is 0 Å². The van der Waals surface area contributed by atoms with Crippen LogP contribution in [0.5, 0.6) is 0 Å². The molecule has 4 heteroatoms. The molecule has 3 N–H and O–H groups in total. The van der Waals surface area contributed by atoms with Gasteiger partial charge in [0.15, 0.2) is 0 Å². The lowest BCUT2D eigenvalue weighted by Crippen LogP contribution is -2.33. The van der Waals surface area contributed by atoms with Gasteiger partial charge in [-0.2, -0.15) is 0 Å². The molecule has 1 fully saturated rings. The molecule has 0 spiro atoms. The Morgan fingerprint density at radius 2 is 1.75 bits per heavy atom. The second-order valence-corrected chi connectivity index (χ2v) is 5.41. The van der Waals surface area contributed by atoms with Crippen LogP contribution in [0, 0.1) is 9.49 Å². The lowest BCUT2D eigenvalue weighted by Gasteiger charge is -2.28. The van der Waals surface area contributed by atoms with Crippen LogP contribution in [0.1, 0.15) is 24.4 Å². The quantitative estimate of drug-likeness (QED) is 0.803. The first kappa shape index (κ1) is 14.2. The summed E-state index contributed by atoms with van der Waals surface area (Å²) in [6.07, 6.45) is 2.40. The average molecular weight is 353 g/mol. The highest BCUT2D eigenvalue weighted by molar-refractivity contribution is 14.1. The van der Waals surface area contributed by atoms with Crippen LogP contribution in [0.2, 0.25) is 0 Å². The van der Waals surface area contributed by atoms with Crippen LogP contribution in [0.4, 0.5) is 0 Å². The highest BCUT2D eigenvalue weighted by Crippen LogP contribution is 2.26. The zero-order chi connectivity index (χ0) is 10.7. The molecule has 1 aliphatic heterocycles. The molecule has 1 aromatic carbocycles. The monoisotopic (exact) mass is 352 g/mol. The molecule has 0 aliphatic carbocycles. The second kappa shape index (κ2) is 6.79. The fourth-order valence-corrected chi connectivity index (χ4v) is 2.52. The van der Waals surface area contributed by atoms with E-state index in [-0.39, 0.29) is 18.4 Å². The SMILES string of the molecule is Cl.N[C@@H](c1ccc(I)cc1)C1CCNCC1. The van der Waals surface area contributed by atoms with E-state index in [1.165, 1.54) is 22.0 Å². The fraction of sp³-hybridized carbons (Fsp3) is 0.500. The standard InChI is InChI=1S/C12H17IN2.ClH/c13-11-3-1-9(2-4-11)12(14)10-5-7-15-8-6-10;/h1-4,10,12,15H,5-8,14H2;1H/t12-;/m0./s1. The predicted octanol–water partition coefficient (Wildman–Crippen LogP) is 2.71. The van der Waals surface area contributed by atoms with E-state index in [2.05, 4.69) is 52.2 Å². The van der Waals surface area contributed by atoms with Crippen LogP contribution in [0.25, 0.3) is 0 Å². The van der Waals surface area contributed by atoms with E-state index in [0.717, 1.165) is 13.1 Å². The molecule has 0 radical (unpaired) electrons. The number of nitrogens with one attached hydrogen (secondary N) is 1. The third-order valence-electron chi connectivity index (χ3n) is 3.15. The van der Waals surface area contributed by atoms with Crippen LogP contribution < -0.4 is 11.1 Å². The molecule has 0 saturated carbocycles. The summed E-state index contributed by atoms with van der Waals surface area (Å²) in [5.74, 6) is 0.645. The van der Waals surface area contributed by atoms with E-state index in [1.807, 2.05) is 0 Å². The summed E-state index contributed by atoms with van der Waals surface area (Å²) < 4.78 is 1.27. The van der Waals surface area contributed by atoms with E-state index in [4.69, 9.17) is 5.73 Å². The van der Waals surface area contributed by atoms with E-state index in [1.54, 1.807) is 0 Å². The first-order valence-corrected chi connectivity index (χ1v) is 6.57. The molecule has 1 saturated heterocycles. The zero-order valence-corrected chi connectivity index (χ0v) is 12.1. The number of halogens is 2. The van der Waals surface area contributed by atoms with Crippen molar-refractivity contribution >= 4 is 35.0 Å². The molecule has 0 bridgehead atoms. The van der Waals surface area contributed by atoms with Crippen molar-refractivity contribution < 1.29 is 0 Å². The Hall–Kier alpha value is 0.160. The summed E-state index contributed by atoms with van der Waals surface area (Å²) in [6, 6.07) is 8.81. The van der Waals surface area contributed by atoms with Crippen LogP contribution >= 0.6 is 35.0 Å². The molecule has 0 amide bonds. The molecule has 16 heavy (non-hydrogen) atoms. The molecule has 1 atom stereocenters. The number of nitrogens with two attached hydrogens (primary N) is 1. The minimum absolute atomic E-state index is 0. The minimum atomic E-state index is 0. The molecule has 1 aromatic rings. The van der Waals surface area contributed by atoms with Crippen LogP contribution in [-0.4, -0.2) is 13.1 Å². The van der Waals surface area contributed by atoms with Gasteiger partial charge in [0, 0.05) is 9.61 Å². The largest absolute Gasteiger partial charge is 0.324 e. The number of hydrogen-bond donors (Lipinski definition) is 2. The summed E-state index contributed by atoms with van der Waals surface area (Å²) in [5, 5.41) is 3.37. The van der Waals surface area contributed by atoms with Crippen LogP contribution in [0.15, 0.2) is 24.3 Å². The lowest BCUT2D eigenvalue weighted by molar-refractivity contribution is 0.322. The van der Waals surface area contributed by atoms with Gasteiger partial charge in [0.05, 0.1) is 0 Å². The minimum Gasteiger partial charge on any atom is -0.324 e. The number of benzene rings is 1. The molecular formula is C12H18ClIN2. The zero-order valence-electron chi connectivity index (χ0n) is 9.16. The van der Waals surface area contributed by atoms with Gasteiger partial charge >= 0.3 is 0 Å². The van der Waals surface area contributed by atoms with Gasteiger partial charge < -0.3 is 11.1 Å². The van der Waals surface area contributed by atoms with Gasteiger partial charge in [-0.1, -0.05) is 12.1 Å². The lowest BCUT2D eigenvalue weighted by atomic mass is 9.87. The predicted molar refractivity (Wildman–Crippen MR) is 78.9 cm³/mol. The highest BCUT2D eigenvalue weighted by atomic mass is 127. The van der Waals surface area contributed by atoms with Crippen molar-refractivity contribution in [1.82, 2.24) is 5.32 Å². The molecule has 0 aromatic heterocycles. The first-order valence-electron chi connectivity index (χ1n) is 5.49. The maximum absolute atomic E-state index is 6.29. The van der Waals surface area contributed by atoms with Crippen molar-refractivity contribution in [3.05, 3.63) is 33.4 Å². The molecule has 0 unspecified atom stereocenters. The van der Waals surface area contributed by atoms with Gasteiger partial charge in [0.25, 0.3) is 0 Å². The molecule has 90 valence electrons. The molecular weight excluding hydrogens is 335 g/mol. The van der Waals surface area contributed by atoms with Gasteiger partial charge in [0.2, 0.25) is 0 Å². The van der Waals surface area contributed by atoms with Gasteiger partial charge in [-0.25, -0.2) is 0 Å². The third-order valence-corrected chi connectivity index (χ3v) is 3.87. The molecule has 1 aliphatic rings. The summed E-state index contributed by atoms with van der Waals surface area (Å²) in [4.78, 5) is 0. The van der Waals surface area contributed by atoms with Gasteiger partial charge in [0.1, 0.15) is 0 Å². The maximum Gasteiger partial charge on any atom is 0.0324 e. The summed E-state index contributed by atoms with van der Waals surface area (Å²) in [5.41, 5.74) is 7.57. The van der Waals surface area contributed by atoms with Crippen molar-refractivity contribution in [3.63, 3.8) is 0 Å². The van der Waals surface area contributed by atoms with Crippen molar-refractivity contribution in [3.8, 4) is 0 Å². The summed E-state index contributed by atoms with van der Waals surface area (Å²) in [7, 11) is 0. The Bertz CT molecular complexity index is 309. The van der Waals surface area contributed by atoms with Gasteiger partial charge in [-0.05, 0) is 72.1 Å². The normalized spacial score (nSPS) is 18.9. The fourth-order valence-electron chi connectivity index (χ4n) is 2.16. The summed E-state index contributed by atoms with van der Waals surface area (Å²) >= 11 is 2.32. The Kier molecular flexibility index (Phi) is 6.03. The van der Waals surface area contributed by atoms with E-state index >= 15 is 0 Å². The van der Waals surface area contributed by atoms with E-state index in [9.17, 15) is 0 Å². The van der Waals surface area contributed by atoms with E-state index < -0.39 is 0 Å². The molecule has 2 rings (SSSR count). The second-order valence-electron chi connectivity index (χ2n) is 4.16. The first-order chi connectivity index (χ1) is 7.27. The average Bonchev–Trinajstić information content (AvgIpc) is 2.30. The van der Waals surface area contributed by atoms with Crippen LogP contribution in [-0.2, 0) is 0 Å². The third kappa shape index (κ3) is 3.58. The van der Waals surface area contributed by atoms with Crippen molar-refractivity contribution in [1.29, 1.82) is 0 Å². The van der Waals surface area contributed by atoms with Crippen molar-refractivity contribution in [2.24, 2.45) is 11.7 Å². The number of piperidine rings is 1. The maximum atomic E-state index is 6.29. The van der Waals surface area contributed by atoms with E-state index in [0.29, 0.717) is 5.92 Å². The van der Waals surface area contributed by atoms with Crippen molar-refractivity contribution in [2.75, 3.05) is 13.1 Å². The Labute approximate surface area is 117 Å². The molecule has 2 nitrogen and oxygen atoms in total. The highest BCUT2D eigenvalue weighted by Gasteiger charge is 2.21. The number of hydrogen-bond acceptors (Lipinski definition) is 2. The Morgan fingerprint density at radius 3 is 2.31 bits per heavy atom. The topological polar surface area (TPSA) is 38.0 Å². The molecule has 1 heterocycles.